The highest BCUT2D eigenvalue weighted by Crippen LogP contribution is 2.33. The van der Waals surface area contributed by atoms with Crippen LogP contribution in [0.15, 0.2) is 55.1 Å². The van der Waals surface area contributed by atoms with Gasteiger partial charge in [0.1, 0.15) is 6.54 Å². The Labute approximate surface area is 137 Å². The summed E-state index contributed by atoms with van der Waals surface area (Å²) >= 11 is 0. The molecule has 3 nitrogen and oxygen atoms in total. The summed E-state index contributed by atoms with van der Waals surface area (Å²) in [4.78, 5) is 0. The zero-order chi connectivity index (χ0) is 16.2. The van der Waals surface area contributed by atoms with Crippen LogP contribution in [0.2, 0.25) is 0 Å². The Hall–Kier alpha value is -2.55. The van der Waals surface area contributed by atoms with E-state index in [0.29, 0.717) is 0 Å². The van der Waals surface area contributed by atoms with E-state index < -0.39 is 0 Å². The summed E-state index contributed by atoms with van der Waals surface area (Å²) in [5.74, 6) is 1.55. The van der Waals surface area contributed by atoms with Crippen LogP contribution in [-0.4, -0.2) is 37.6 Å². The van der Waals surface area contributed by atoms with Crippen molar-refractivity contribution < 1.29 is 14.0 Å². The second-order valence-electron chi connectivity index (χ2n) is 5.56. The molecule has 0 aliphatic carbocycles. The van der Waals surface area contributed by atoms with E-state index in [1.807, 2.05) is 12.1 Å². The van der Waals surface area contributed by atoms with Crippen molar-refractivity contribution in [2.45, 2.75) is 6.42 Å². The average molecular weight is 308 g/mol. The van der Waals surface area contributed by atoms with Crippen molar-refractivity contribution >= 4 is 5.71 Å². The van der Waals surface area contributed by atoms with Crippen LogP contribution >= 0.6 is 0 Å². The first-order chi connectivity index (χ1) is 11.3. The monoisotopic (exact) mass is 308 g/mol. The van der Waals surface area contributed by atoms with Crippen LogP contribution in [0, 0.1) is 0 Å². The summed E-state index contributed by atoms with van der Waals surface area (Å²) in [6.45, 7) is 5.70. The first kappa shape index (κ1) is 15.3. The smallest absolute Gasteiger partial charge is 0.215 e. The summed E-state index contributed by atoms with van der Waals surface area (Å²) in [7, 11) is 3.36. The molecule has 0 saturated heterocycles. The van der Waals surface area contributed by atoms with Gasteiger partial charge in [0.15, 0.2) is 18.0 Å². The topological polar surface area (TPSA) is 21.5 Å². The molecule has 2 aromatic carbocycles. The molecule has 1 aliphatic heterocycles. The van der Waals surface area contributed by atoms with E-state index in [2.05, 4.69) is 47.6 Å². The van der Waals surface area contributed by atoms with E-state index >= 15 is 0 Å². The SMILES string of the molecule is C=CC[N+]1=C(c2ccccc2)c2cc(OC)c(OC)cc2CC1. The van der Waals surface area contributed by atoms with Crippen LogP contribution in [0.3, 0.4) is 0 Å². The van der Waals surface area contributed by atoms with Crippen LogP contribution < -0.4 is 9.47 Å². The quantitative estimate of drug-likeness (QED) is 0.624. The first-order valence-corrected chi connectivity index (χ1v) is 7.82. The fourth-order valence-electron chi connectivity index (χ4n) is 3.16. The average Bonchev–Trinajstić information content (AvgIpc) is 2.61. The lowest BCUT2D eigenvalue weighted by Crippen LogP contribution is -2.31. The number of rotatable bonds is 5. The van der Waals surface area contributed by atoms with E-state index in [1.54, 1.807) is 14.2 Å². The summed E-state index contributed by atoms with van der Waals surface area (Å²) in [5, 5.41) is 0. The Balaban J connectivity index is 2.23. The number of fused-ring (bicyclic) bond motifs is 1. The molecule has 0 fully saturated rings. The minimum Gasteiger partial charge on any atom is -0.493 e. The van der Waals surface area contributed by atoms with Crippen molar-refractivity contribution in [1.82, 2.24) is 0 Å². The Bertz CT molecular complexity index is 748. The highest BCUT2D eigenvalue weighted by molar-refractivity contribution is 6.11. The lowest BCUT2D eigenvalue weighted by atomic mass is 9.91. The van der Waals surface area contributed by atoms with Gasteiger partial charge in [-0.1, -0.05) is 24.8 Å². The van der Waals surface area contributed by atoms with E-state index in [9.17, 15) is 0 Å². The maximum absolute atomic E-state index is 5.50. The van der Waals surface area contributed by atoms with E-state index in [-0.39, 0.29) is 0 Å². The normalized spacial score (nSPS) is 13.5. The second kappa shape index (κ2) is 6.69. The lowest BCUT2D eigenvalue weighted by molar-refractivity contribution is -0.517. The number of hydrogen-bond acceptors (Lipinski definition) is 2. The third-order valence-corrected chi connectivity index (χ3v) is 4.23. The third-order valence-electron chi connectivity index (χ3n) is 4.23. The molecule has 3 heteroatoms. The van der Waals surface area contributed by atoms with Gasteiger partial charge < -0.3 is 9.47 Å². The number of hydrogen-bond donors (Lipinski definition) is 0. The van der Waals surface area contributed by atoms with Crippen molar-refractivity contribution in [3.05, 3.63) is 71.8 Å². The van der Waals surface area contributed by atoms with Crippen molar-refractivity contribution in [2.24, 2.45) is 0 Å². The molecular formula is C20H22NO2+. The predicted molar refractivity (Wildman–Crippen MR) is 93.1 cm³/mol. The second-order valence-corrected chi connectivity index (χ2v) is 5.56. The highest BCUT2D eigenvalue weighted by Gasteiger charge is 2.28. The molecule has 3 rings (SSSR count). The number of nitrogens with zero attached hydrogens (tertiary/aromatic N) is 1. The molecule has 1 heterocycles. The van der Waals surface area contributed by atoms with Crippen molar-refractivity contribution in [3.8, 4) is 11.5 Å². The zero-order valence-electron chi connectivity index (χ0n) is 13.7. The van der Waals surface area contributed by atoms with Crippen LogP contribution in [0.4, 0.5) is 0 Å². The van der Waals surface area contributed by atoms with E-state index in [1.165, 1.54) is 22.4 Å². The van der Waals surface area contributed by atoms with Gasteiger partial charge in [-0.3, -0.25) is 0 Å². The highest BCUT2D eigenvalue weighted by atomic mass is 16.5. The molecule has 1 aliphatic rings. The molecule has 2 aromatic rings. The van der Waals surface area contributed by atoms with Gasteiger partial charge in [0.25, 0.3) is 0 Å². The van der Waals surface area contributed by atoms with Gasteiger partial charge in [-0.25, -0.2) is 4.58 Å². The summed E-state index contributed by atoms with van der Waals surface area (Å²) in [5.41, 5.74) is 4.94. The number of ether oxygens (including phenoxy) is 2. The molecule has 0 N–H and O–H groups in total. The van der Waals surface area contributed by atoms with Crippen LogP contribution in [0.1, 0.15) is 16.7 Å². The summed E-state index contributed by atoms with van der Waals surface area (Å²) in [6, 6.07) is 14.7. The van der Waals surface area contributed by atoms with Gasteiger partial charge in [-0.15, -0.1) is 0 Å². The molecule has 0 bridgehead atoms. The van der Waals surface area contributed by atoms with Gasteiger partial charge in [-0.05, 0) is 35.9 Å². The van der Waals surface area contributed by atoms with Crippen LogP contribution in [0.5, 0.6) is 11.5 Å². The van der Waals surface area contributed by atoms with E-state index in [4.69, 9.17) is 9.47 Å². The van der Waals surface area contributed by atoms with Gasteiger partial charge in [0.05, 0.1) is 19.8 Å². The first-order valence-electron chi connectivity index (χ1n) is 7.82. The Morgan fingerprint density at radius 2 is 1.78 bits per heavy atom. The maximum Gasteiger partial charge on any atom is 0.215 e. The molecular weight excluding hydrogens is 286 g/mol. The molecule has 0 radical (unpaired) electrons. The molecule has 118 valence electrons. The van der Waals surface area contributed by atoms with Gasteiger partial charge in [0, 0.05) is 12.0 Å². The molecule has 0 amide bonds. The van der Waals surface area contributed by atoms with Crippen molar-refractivity contribution in [1.29, 1.82) is 0 Å². The zero-order valence-corrected chi connectivity index (χ0v) is 13.7. The third kappa shape index (κ3) is 2.87. The van der Waals surface area contributed by atoms with Crippen LogP contribution in [0.25, 0.3) is 0 Å². The number of methoxy groups -OCH3 is 2. The fourth-order valence-corrected chi connectivity index (χ4v) is 3.16. The molecule has 0 aromatic heterocycles. The molecule has 0 unspecified atom stereocenters. The van der Waals surface area contributed by atoms with Gasteiger partial charge >= 0.3 is 0 Å². The minimum atomic E-state index is 0.764. The van der Waals surface area contributed by atoms with Crippen molar-refractivity contribution in [3.63, 3.8) is 0 Å². The molecule has 0 saturated carbocycles. The van der Waals surface area contributed by atoms with E-state index in [0.717, 1.165) is 31.0 Å². The molecule has 23 heavy (non-hydrogen) atoms. The molecule has 0 spiro atoms. The Morgan fingerprint density at radius 1 is 1.09 bits per heavy atom. The summed E-state index contributed by atoms with van der Waals surface area (Å²) in [6.07, 6.45) is 2.94. The largest absolute Gasteiger partial charge is 0.493 e. The number of benzene rings is 2. The molecule has 0 atom stereocenters. The maximum atomic E-state index is 5.50. The van der Waals surface area contributed by atoms with Crippen LogP contribution in [-0.2, 0) is 6.42 Å². The standard InChI is InChI=1S/C20H22NO2/c1-4-11-21-12-10-16-13-18(22-2)19(23-3)14-17(16)20(21)15-8-6-5-7-9-15/h4-9,13-14H,1,10-12H2,2-3H3/q+1. The Kier molecular flexibility index (Phi) is 4.47. The van der Waals surface area contributed by atoms with Gasteiger partial charge in [-0.2, -0.15) is 0 Å². The fraction of sp³-hybridized carbons (Fsp3) is 0.250. The minimum absolute atomic E-state index is 0.764. The summed E-state index contributed by atoms with van der Waals surface area (Å²) < 4.78 is 13.3. The van der Waals surface area contributed by atoms with Gasteiger partial charge in [0.2, 0.25) is 5.71 Å². The Morgan fingerprint density at radius 3 is 2.43 bits per heavy atom. The lowest BCUT2D eigenvalue weighted by Gasteiger charge is -2.20. The van der Waals surface area contributed by atoms with Crippen molar-refractivity contribution in [2.75, 3.05) is 27.3 Å². The predicted octanol–water partition coefficient (Wildman–Crippen LogP) is 3.30.